The van der Waals surface area contributed by atoms with Crippen molar-refractivity contribution >= 4 is 34.9 Å². The Morgan fingerprint density at radius 3 is 2.42 bits per heavy atom. The van der Waals surface area contributed by atoms with Crippen LogP contribution in [0.5, 0.6) is 11.5 Å². The van der Waals surface area contributed by atoms with Crippen LogP contribution in [-0.4, -0.2) is 26.0 Å². The molecule has 1 aliphatic carbocycles. The highest BCUT2D eigenvalue weighted by Crippen LogP contribution is 2.43. The summed E-state index contributed by atoms with van der Waals surface area (Å²) in [5.41, 5.74) is 5.23. The lowest BCUT2D eigenvalue weighted by molar-refractivity contribution is 0.0963. The van der Waals surface area contributed by atoms with Gasteiger partial charge in [0.1, 0.15) is 17.3 Å². The van der Waals surface area contributed by atoms with Crippen LogP contribution in [0.4, 0.5) is 20.6 Å². The molecule has 4 rings (SSSR count). The number of aryl methyl sites for hydroxylation is 1. The summed E-state index contributed by atoms with van der Waals surface area (Å²) in [5, 5.41) is 5.15. The first kappa shape index (κ1) is 25.5. The van der Waals surface area contributed by atoms with Crippen LogP contribution >= 0.6 is 11.6 Å². The number of carbonyl (C=O) groups is 2. The first-order valence-corrected chi connectivity index (χ1v) is 12.2. The van der Waals surface area contributed by atoms with Gasteiger partial charge in [-0.2, -0.15) is 0 Å². The van der Waals surface area contributed by atoms with E-state index in [4.69, 9.17) is 16.3 Å². The van der Waals surface area contributed by atoms with Crippen LogP contribution in [0.2, 0.25) is 5.02 Å². The molecule has 0 spiro atoms. The predicted octanol–water partition coefficient (Wildman–Crippen LogP) is 6.79. The number of nitrogens with zero attached hydrogens (tertiary/aromatic N) is 1. The average Bonchev–Trinajstić information content (AvgIpc) is 2.85. The Bertz CT molecular complexity index is 1340. The van der Waals surface area contributed by atoms with E-state index in [9.17, 15) is 14.0 Å². The number of carbonyl (C=O) groups excluding carboxylic acids is 2. The number of urea groups is 1. The number of halogens is 2. The van der Waals surface area contributed by atoms with Gasteiger partial charge in [0.2, 0.25) is 0 Å². The molecule has 0 bridgehead atoms. The molecule has 0 radical (unpaired) electrons. The van der Waals surface area contributed by atoms with Crippen LogP contribution in [0.3, 0.4) is 0 Å². The largest absolute Gasteiger partial charge is 0.455 e. The monoisotopic (exact) mass is 509 g/mol. The number of hydrogen-bond acceptors (Lipinski definition) is 4. The average molecular weight is 510 g/mol. The summed E-state index contributed by atoms with van der Waals surface area (Å²) in [6, 6.07) is 10.5. The van der Waals surface area contributed by atoms with Crippen LogP contribution in [0, 0.1) is 19.7 Å². The Hall–Kier alpha value is -3.58. The Morgan fingerprint density at radius 1 is 1.03 bits per heavy atom. The van der Waals surface area contributed by atoms with Gasteiger partial charge in [0.05, 0.1) is 10.6 Å². The molecule has 188 valence electrons. The fourth-order valence-corrected chi connectivity index (χ4v) is 4.81. The van der Waals surface area contributed by atoms with Crippen LogP contribution < -0.4 is 20.3 Å². The normalized spacial score (nSPS) is 12.5. The molecule has 3 aromatic carbocycles. The third-order valence-corrected chi connectivity index (χ3v) is 6.86. The van der Waals surface area contributed by atoms with E-state index >= 15 is 0 Å². The standard InChI is InChI=1S/C28H29ClFN3O3/c1-16-15-22(31-28(35)32-27(34)20-11-7-8-12-21(20)30)17(2)25(29)26(16)36-24-14-13-23(33(3)4)18-9-5-6-10-19(18)24/h7-8,11-15H,5-6,9-10H2,1-4H3,(H2,31,32,34,35). The van der Waals surface area contributed by atoms with E-state index in [0.29, 0.717) is 22.0 Å². The van der Waals surface area contributed by atoms with Gasteiger partial charge in [0.25, 0.3) is 5.91 Å². The number of rotatable bonds is 5. The van der Waals surface area contributed by atoms with Gasteiger partial charge in [0.15, 0.2) is 0 Å². The zero-order valence-corrected chi connectivity index (χ0v) is 21.6. The molecule has 36 heavy (non-hydrogen) atoms. The molecule has 8 heteroatoms. The summed E-state index contributed by atoms with van der Waals surface area (Å²) in [6.45, 7) is 3.60. The van der Waals surface area contributed by atoms with Gasteiger partial charge < -0.3 is 15.0 Å². The van der Waals surface area contributed by atoms with Crippen molar-refractivity contribution in [1.82, 2.24) is 5.32 Å². The number of hydrogen-bond donors (Lipinski definition) is 2. The minimum Gasteiger partial charge on any atom is -0.455 e. The van der Waals surface area contributed by atoms with Crippen LogP contribution in [-0.2, 0) is 12.8 Å². The summed E-state index contributed by atoms with van der Waals surface area (Å²) in [6.07, 6.45) is 4.21. The van der Waals surface area contributed by atoms with E-state index in [1.54, 1.807) is 13.0 Å². The lowest BCUT2D eigenvalue weighted by Gasteiger charge is -2.26. The molecule has 0 fully saturated rings. The van der Waals surface area contributed by atoms with Crippen molar-refractivity contribution in [3.05, 3.63) is 81.1 Å². The van der Waals surface area contributed by atoms with Gasteiger partial charge in [0, 0.05) is 31.0 Å². The molecule has 0 unspecified atom stereocenters. The van der Waals surface area contributed by atoms with Crippen LogP contribution in [0.1, 0.15) is 45.5 Å². The summed E-state index contributed by atoms with van der Waals surface area (Å²) in [4.78, 5) is 26.9. The number of nitrogens with one attached hydrogen (secondary N) is 2. The summed E-state index contributed by atoms with van der Waals surface area (Å²) >= 11 is 6.70. The molecule has 0 saturated carbocycles. The maximum atomic E-state index is 13.9. The lowest BCUT2D eigenvalue weighted by atomic mass is 9.89. The van der Waals surface area contributed by atoms with E-state index in [1.165, 1.54) is 35.0 Å². The molecule has 0 heterocycles. The topological polar surface area (TPSA) is 70.7 Å². The van der Waals surface area contributed by atoms with Gasteiger partial charge >= 0.3 is 6.03 Å². The van der Waals surface area contributed by atoms with Crippen molar-refractivity contribution < 1.29 is 18.7 Å². The summed E-state index contributed by atoms with van der Waals surface area (Å²) < 4.78 is 20.2. The van der Waals surface area contributed by atoms with E-state index < -0.39 is 17.8 Å². The van der Waals surface area contributed by atoms with Gasteiger partial charge in [-0.3, -0.25) is 10.1 Å². The van der Waals surface area contributed by atoms with Crippen LogP contribution in [0.25, 0.3) is 0 Å². The second kappa shape index (κ2) is 10.6. The van der Waals surface area contributed by atoms with Gasteiger partial charge in [-0.25, -0.2) is 9.18 Å². The fourth-order valence-electron chi connectivity index (χ4n) is 4.52. The second-order valence-electron chi connectivity index (χ2n) is 9.14. The molecule has 0 aliphatic heterocycles. The minimum atomic E-state index is -0.836. The van der Waals surface area contributed by atoms with Crippen molar-refractivity contribution in [2.24, 2.45) is 0 Å². The lowest BCUT2D eigenvalue weighted by Crippen LogP contribution is -2.35. The quantitative estimate of drug-likeness (QED) is 0.397. The zero-order valence-electron chi connectivity index (χ0n) is 20.8. The van der Waals surface area contributed by atoms with E-state index in [-0.39, 0.29) is 5.56 Å². The third-order valence-electron chi connectivity index (χ3n) is 6.41. The number of fused-ring (bicyclic) bond motifs is 1. The maximum Gasteiger partial charge on any atom is 0.326 e. The first-order valence-electron chi connectivity index (χ1n) is 11.8. The summed E-state index contributed by atoms with van der Waals surface area (Å²) in [5.74, 6) is -0.237. The number of anilines is 2. The highest BCUT2D eigenvalue weighted by atomic mass is 35.5. The third kappa shape index (κ3) is 5.16. The molecule has 1 aliphatic rings. The number of ether oxygens (including phenoxy) is 1. The number of benzene rings is 3. The molecule has 0 aromatic heterocycles. The molecule has 2 N–H and O–H groups in total. The second-order valence-corrected chi connectivity index (χ2v) is 9.52. The van der Waals surface area contributed by atoms with Gasteiger partial charge in [-0.05, 0) is 86.6 Å². The van der Waals surface area contributed by atoms with E-state index in [0.717, 1.165) is 43.1 Å². The molecular formula is C28H29ClFN3O3. The predicted molar refractivity (Wildman–Crippen MR) is 141 cm³/mol. The van der Waals surface area contributed by atoms with Crippen molar-refractivity contribution in [3.63, 3.8) is 0 Å². The Balaban J connectivity index is 1.56. The number of imide groups is 1. The molecule has 0 atom stereocenters. The number of amides is 3. The van der Waals surface area contributed by atoms with Crippen molar-refractivity contribution in [1.29, 1.82) is 0 Å². The molecular weight excluding hydrogens is 481 g/mol. The summed E-state index contributed by atoms with van der Waals surface area (Å²) in [7, 11) is 4.09. The van der Waals surface area contributed by atoms with Crippen molar-refractivity contribution in [2.45, 2.75) is 39.5 Å². The Labute approximate surface area is 215 Å². The SMILES string of the molecule is Cc1cc(NC(=O)NC(=O)c2ccccc2F)c(C)c(Cl)c1Oc1ccc(N(C)C)c2c1CCCC2. The Kier molecular flexibility index (Phi) is 7.50. The molecule has 3 amide bonds. The van der Waals surface area contributed by atoms with Gasteiger partial charge in [-0.15, -0.1) is 0 Å². The Morgan fingerprint density at radius 2 is 1.72 bits per heavy atom. The van der Waals surface area contributed by atoms with E-state index in [1.807, 2.05) is 27.1 Å². The molecule has 0 saturated heterocycles. The highest BCUT2D eigenvalue weighted by Gasteiger charge is 2.22. The van der Waals surface area contributed by atoms with Crippen molar-refractivity contribution in [3.8, 4) is 11.5 Å². The van der Waals surface area contributed by atoms with Crippen molar-refractivity contribution in [2.75, 3.05) is 24.3 Å². The smallest absolute Gasteiger partial charge is 0.326 e. The van der Waals surface area contributed by atoms with Gasteiger partial charge in [-0.1, -0.05) is 23.7 Å². The van der Waals surface area contributed by atoms with E-state index in [2.05, 4.69) is 21.6 Å². The first-order chi connectivity index (χ1) is 17.2. The zero-order chi connectivity index (χ0) is 26.0. The molecule has 3 aromatic rings. The highest BCUT2D eigenvalue weighted by molar-refractivity contribution is 6.33. The molecule has 6 nitrogen and oxygen atoms in total. The van der Waals surface area contributed by atoms with Crippen LogP contribution in [0.15, 0.2) is 42.5 Å². The fraction of sp³-hybridized carbons (Fsp3) is 0.286. The maximum absolute atomic E-state index is 13.9. The minimum absolute atomic E-state index is 0.217.